The van der Waals surface area contributed by atoms with E-state index in [2.05, 4.69) is 10.6 Å². The zero-order valence-electron chi connectivity index (χ0n) is 13.3. The van der Waals surface area contributed by atoms with Gasteiger partial charge < -0.3 is 24.8 Å². The van der Waals surface area contributed by atoms with Crippen LogP contribution in [0.5, 0.6) is 5.75 Å². The molecule has 0 aromatic heterocycles. The lowest BCUT2D eigenvalue weighted by Gasteiger charge is -2.29. The predicted octanol–water partition coefficient (Wildman–Crippen LogP) is 1.51. The summed E-state index contributed by atoms with van der Waals surface area (Å²) in [5.74, 6) is 0.0673. The van der Waals surface area contributed by atoms with Crippen LogP contribution in [-0.4, -0.2) is 39.4 Å². The van der Waals surface area contributed by atoms with Gasteiger partial charge in [0, 0.05) is 18.4 Å². The second-order valence-corrected chi connectivity index (χ2v) is 4.94. The third-order valence-corrected chi connectivity index (χ3v) is 3.46. The second kappa shape index (κ2) is 7.64. The molecule has 0 bridgehead atoms. The van der Waals surface area contributed by atoms with Crippen LogP contribution in [0.4, 0.5) is 4.79 Å². The quantitative estimate of drug-likeness (QED) is 0.613. The van der Waals surface area contributed by atoms with Gasteiger partial charge in [-0.25, -0.2) is 9.59 Å². The summed E-state index contributed by atoms with van der Waals surface area (Å²) in [6.45, 7) is 2.10. The molecule has 0 radical (unpaired) electrons. The molecule has 2 rings (SSSR count). The number of esters is 1. The fourth-order valence-electron chi connectivity index (χ4n) is 2.40. The number of ether oxygens (including phenoxy) is 3. The van der Waals surface area contributed by atoms with E-state index in [1.165, 1.54) is 14.2 Å². The van der Waals surface area contributed by atoms with Crippen molar-refractivity contribution in [2.75, 3.05) is 27.4 Å². The molecule has 1 aliphatic rings. The predicted molar refractivity (Wildman–Crippen MR) is 82.9 cm³/mol. The lowest BCUT2D eigenvalue weighted by molar-refractivity contribution is -0.140. The van der Waals surface area contributed by atoms with Gasteiger partial charge in [-0.15, -0.1) is 0 Å². The minimum Gasteiger partial charge on any atom is -0.496 e. The molecule has 0 unspecified atom stereocenters. The van der Waals surface area contributed by atoms with Gasteiger partial charge in [-0.2, -0.15) is 0 Å². The number of hydrogen-bond donors (Lipinski definition) is 2. The van der Waals surface area contributed by atoms with Gasteiger partial charge in [-0.1, -0.05) is 18.2 Å². The Morgan fingerprint density at radius 3 is 2.65 bits per heavy atom. The molecule has 0 aliphatic carbocycles. The van der Waals surface area contributed by atoms with Crippen LogP contribution in [-0.2, 0) is 14.3 Å². The molecule has 1 aromatic rings. The molecule has 124 valence electrons. The summed E-state index contributed by atoms with van der Waals surface area (Å²) < 4.78 is 15.4. The fourth-order valence-corrected chi connectivity index (χ4v) is 2.40. The van der Waals surface area contributed by atoms with E-state index in [4.69, 9.17) is 14.2 Å². The Labute approximate surface area is 134 Å². The van der Waals surface area contributed by atoms with Gasteiger partial charge in [-0.05, 0) is 13.0 Å². The number of methoxy groups -OCH3 is 2. The normalized spacial score (nSPS) is 17.3. The molecule has 23 heavy (non-hydrogen) atoms. The largest absolute Gasteiger partial charge is 0.496 e. The number of hydrogen-bond acceptors (Lipinski definition) is 5. The molecule has 7 heteroatoms. The van der Waals surface area contributed by atoms with Crippen LogP contribution in [0.25, 0.3) is 0 Å². The van der Waals surface area contributed by atoms with Crippen molar-refractivity contribution in [2.24, 2.45) is 0 Å². The monoisotopic (exact) mass is 320 g/mol. The molecule has 2 N–H and O–H groups in total. The highest BCUT2D eigenvalue weighted by atomic mass is 16.6. The summed E-state index contributed by atoms with van der Waals surface area (Å²) in [4.78, 5) is 24.2. The highest BCUT2D eigenvalue weighted by molar-refractivity contribution is 5.95. The summed E-state index contributed by atoms with van der Waals surface area (Å²) >= 11 is 0. The number of nitrogens with one attached hydrogen (secondary N) is 2. The first-order valence-corrected chi connectivity index (χ1v) is 7.15. The topological polar surface area (TPSA) is 85.9 Å². The number of urea groups is 1. The highest BCUT2D eigenvalue weighted by Crippen LogP contribution is 2.33. The standard InChI is InChI=1S/C16H20N2O5/c1-10-13(15(19)23-9-8-21-2)14(18-16(20)17-10)11-6-4-5-7-12(11)22-3/h4-7,14H,8-9H2,1-3H3,(H2,17,18,20)/t14-/m0/s1. The number of allylic oxidation sites excluding steroid dienone is 1. The summed E-state index contributed by atoms with van der Waals surface area (Å²) in [6.07, 6.45) is 0. The van der Waals surface area contributed by atoms with E-state index in [0.29, 0.717) is 29.2 Å². The van der Waals surface area contributed by atoms with Crippen LogP contribution in [0, 0.1) is 0 Å². The number of amides is 2. The van der Waals surface area contributed by atoms with E-state index in [1.807, 2.05) is 12.1 Å². The van der Waals surface area contributed by atoms with E-state index in [-0.39, 0.29) is 12.6 Å². The van der Waals surface area contributed by atoms with Crippen molar-refractivity contribution >= 4 is 12.0 Å². The average molecular weight is 320 g/mol. The van der Waals surface area contributed by atoms with Crippen LogP contribution in [0.1, 0.15) is 18.5 Å². The highest BCUT2D eigenvalue weighted by Gasteiger charge is 2.33. The SMILES string of the molecule is COCCOC(=O)C1=C(C)NC(=O)N[C@H]1c1ccccc1OC. The van der Waals surface area contributed by atoms with E-state index >= 15 is 0 Å². The minimum absolute atomic E-state index is 0.138. The maximum absolute atomic E-state index is 12.4. The van der Waals surface area contributed by atoms with Crippen LogP contribution >= 0.6 is 0 Å². The van der Waals surface area contributed by atoms with Crippen LogP contribution in [0.2, 0.25) is 0 Å². The van der Waals surface area contributed by atoms with E-state index in [9.17, 15) is 9.59 Å². The Balaban J connectivity index is 2.36. The summed E-state index contributed by atoms with van der Waals surface area (Å²) in [5.41, 5.74) is 1.47. The first-order chi connectivity index (χ1) is 11.1. The van der Waals surface area contributed by atoms with E-state index in [1.54, 1.807) is 19.1 Å². The Morgan fingerprint density at radius 1 is 1.22 bits per heavy atom. The minimum atomic E-state index is -0.644. The van der Waals surface area contributed by atoms with Gasteiger partial charge in [0.1, 0.15) is 12.4 Å². The maximum atomic E-state index is 12.4. The van der Waals surface area contributed by atoms with Gasteiger partial charge in [0.25, 0.3) is 0 Å². The van der Waals surface area contributed by atoms with Gasteiger partial charge in [-0.3, -0.25) is 0 Å². The number of para-hydroxylation sites is 1. The van der Waals surface area contributed by atoms with Gasteiger partial charge >= 0.3 is 12.0 Å². The van der Waals surface area contributed by atoms with Crippen molar-refractivity contribution < 1.29 is 23.8 Å². The van der Waals surface area contributed by atoms with Gasteiger partial charge in [0.15, 0.2) is 0 Å². The lowest BCUT2D eigenvalue weighted by atomic mass is 9.95. The van der Waals surface area contributed by atoms with Crippen molar-refractivity contribution in [1.29, 1.82) is 0 Å². The van der Waals surface area contributed by atoms with Crippen LogP contribution in [0.3, 0.4) is 0 Å². The fraction of sp³-hybridized carbons (Fsp3) is 0.375. The maximum Gasteiger partial charge on any atom is 0.338 e. The second-order valence-electron chi connectivity index (χ2n) is 4.94. The Morgan fingerprint density at radius 2 is 1.96 bits per heavy atom. The molecule has 0 saturated heterocycles. The van der Waals surface area contributed by atoms with Crippen molar-refractivity contribution in [3.63, 3.8) is 0 Å². The summed E-state index contributed by atoms with van der Waals surface area (Å²) in [7, 11) is 3.06. The van der Waals surface area contributed by atoms with Crippen molar-refractivity contribution in [2.45, 2.75) is 13.0 Å². The molecule has 1 heterocycles. The van der Waals surface area contributed by atoms with E-state index in [0.717, 1.165) is 0 Å². The first-order valence-electron chi connectivity index (χ1n) is 7.15. The Kier molecular flexibility index (Phi) is 5.59. The Bertz CT molecular complexity index is 627. The molecule has 0 spiro atoms. The molecule has 1 aromatic carbocycles. The van der Waals surface area contributed by atoms with Crippen LogP contribution < -0.4 is 15.4 Å². The molecule has 1 aliphatic heterocycles. The van der Waals surface area contributed by atoms with Crippen LogP contribution in [0.15, 0.2) is 35.5 Å². The van der Waals surface area contributed by atoms with Crippen molar-refractivity contribution in [1.82, 2.24) is 10.6 Å². The van der Waals surface area contributed by atoms with Gasteiger partial charge in [0.2, 0.25) is 0 Å². The molecule has 0 saturated carbocycles. The molecule has 1 atom stereocenters. The Hall–Kier alpha value is -2.54. The third kappa shape index (κ3) is 3.81. The van der Waals surface area contributed by atoms with E-state index < -0.39 is 12.0 Å². The van der Waals surface area contributed by atoms with Gasteiger partial charge in [0.05, 0.1) is 25.3 Å². The summed E-state index contributed by atoms with van der Waals surface area (Å²) in [6, 6.07) is 6.17. The smallest absolute Gasteiger partial charge is 0.338 e. The summed E-state index contributed by atoms with van der Waals surface area (Å²) in [5, 5.41) is 5.33. The average Bonchev–Trinajstić information content (AvgIpc) is 2.54. The molecule has 2 amide bonds. The van der Waals surface area contributed by atoms with Crippen molar-refractivity contribution in [3.8, 4) is 5.75 Å². The number of benzene rings is 1. The van der Waals surface area contributed by atoms with Crippen molar-refractivity contribution in [3.05, 3.63) is 41.1 Å². The molecular formula is C16H20N2O5. The zero-order valence-corrected chi connectivity index (χ0v) is 13.3. The zero-order chi connectivity index (χ0) is 16.8. The lowest BCUT2D eigenvalue weighted by Crippen LogP contribution is -2.45. The molecule has 0 fully saturated rings. The molecular weight excluding hydrogens is 300 g/mol. The molecule has 7 nitrogen and oxygen atoms in total. The number of carbonyl (C=O) groups excluding carboxylic acids is 2. The number of rotatable bonds is 6. The first kappa shape index (κ1) is 16.8. The number of carbonyl (C=O) groups is 2. The third-order valence-electron chi connectivity index (χ3n) is 3.46.